The minimum absolute atomic E-state index is 0.0679. The van der Waals surface area contributed by atoms with Gasteiger partial charge in [-0.2, -0.15) is 0 Å². The molecule has 1 saturated carbocycles. The molecule has 29 heavy (non-hydrogen) atoms. The fourth-order valence-corrected chi connectivity index (χ4v) is 5.47. The van der Waals surface area contributed by atoms with Crippen molar-refractivity contribution in [3.8, 4) is 0 Å². The fraction of sp³-hybridized carbons (Fsp3) is 0.524. The molecule has 0 bridgehead atoms. The number of fused-ring (bicyclic) bond motifs is 1. The van der Waals surface area contributed by atoms with Crippen LogP contribution in [0.25, 0.3) is 10.9 Å². The molecule has 1 amide bonds. The van der Waals surface area contributed by atoms with Gasteiger partial charge < -0.3 is 5.32 Å². The second-order valence-corrected chi connectivity index (χ2v) is 8.96. The Bertz CT molecular complexity index is 1100. The minimum atomic E-state index is -0.380. The Morgan fingerprint density at radius 1 is 1.17 bits per heavy atom. The fourth-order valence-electron chi connectivity index (χ4n) is 4.40. The van der Waals surface area contributed by atoms with Crippen LogP contribution in [0.5, 0.6) is 0 Å². The quantitative estimate of drug-likeness (QED) is 0.832. The van der Waals surface area contributed by atoms with Crippen LogP contribution in [-0.4, -0.2) is 32.0 Å². The number of aliphatic imine (C=N–C) groups is 1. The second kappa shape index (κ2) is 8.18. The van der Waals surface area contributed by atoms with E-state index in [4.69, 9.17) is 4.99 Å². The molecule has 7 nitrogen and oxygen atoms in total. The third-order valence-corrected chi connectivity index (χ3v) is 7.04. The molecular formula is C21H26N4O3S. The Labute approximate surface area is 173 Å². The number of amides is 1. The lowest BCUT2D eigenvalue weighted by Gasteiger charge is -2.24. The number of rotatable bonds is 3. The van der Waals surface area contributed by atoms with Crippen LogP contribution in [-0.2, 0) is 25.3 Å². The largest absolute Gasteiger partial charge is 0.330 e. The van der Waals surface area contributed by atoms with Crippen molar-refractivity contribution in [1.29, 1.82) is 0 Å². The van der Waals surface area contributed by atoms with Crippen LogP contribution in [0.15, 0.2) is 32.8 Å². The first kappa shape index (κ1) is 19.9. The molecule has 1 N–H and O–H groups in total. The van der Waals surface area contributed by atoms with Crippen molar-refractivity contribution in [2.75, 3.05) is 5.75 Å². The van der Waals surface area contributed by atoms with E-state index in [1.165, 1.54) is 43.7 Å². The van der Waals surface area contributed by atoms with Gasteiger partial charge in [0.05, 0.1) is 23.4 Å². The summed E-state index contributed by atoms with van der Waals surface area (Å²) < 4.78 is 2.51. The van der Waals surface area contributed by atoms with Crippen molar-refractivity contribution < 1.29 is 4.79 Å². The molecule has 1 aromatic carbocycles. The van der Waals surface area contributed by atoms with Crippen LogP contribution >= 0.6 is 11.8 Å². The van der Waals surface area contributed by atoms with Gasteiger partial charge in [-0.1, -0.05) is 43.2 Å². The summed E-state index contributed by atoms with van der Waals surface area (Å²) in [6, 6.07) is 5.56. The Morgan fingerprint density at radius 3 is 2.69 bits per heavy atom. The summed E-state index contributed by atoms with van der Waals surface area (Å²) in [5.41, 5.74) is 0.392. The smallest absolute Gasteiger partial charge is 0.305 e. The number of nitrogens with one attached hydrogen (secondary N) is 1. The van der Waals surface area contributed by atoms with E-state index in [1.54, 1.807) is 37.0 Å². The predicted molar refractivity (Wildman–Crippen MR) is 117 cm³/mol. The highest BCUT2D eigenvalue weighted by molar-refractivity contribution is 8.14. The molecule has 1 aliphatic heterocycles. The van der Waals surface area contributed by atoms with E-state index >= 15 is 0 Å². The molecule has 1 unspecified atom stereocenters. The Kier molecular flexibility index (Phi) is 5.63. The highest BCUT2D eigenvalue weighted by atomic mass is 32.2. The lowest BCUT2D eigenvalue weighted by Crippen LogP contribution is -2.37. The van der Waals surface area contributed by atoms with Crippen molar-refractivity contribution in [2.45, 2.75) is 44.6 Å². The molecule has 1 fully saturated rings. The Hall–Kier alpha value is -2.35. The maximum Gasteiger partial charge on any atom is 0.330 e. The number of benzene rings is 1. The third kappa shape index (κ3) is 3.90. The summed E-state index contributed by atoms with van der Waals surface area (Å²) in [5, 5.41) is 4.01. The van der Waals surface area contributed by atoms with Crippen LogP contribution < -0.4 is 16.6 Å². The van der Waals surface area contributed by atoms with Crippen molar-refractivity contribution in [1.82, 2.24) is 14.5 Å². The van der Waals surface area contributed by atoms with Gasteiger partial charge in [0.25, 0.3) is 5.56 Å². The number of hydrogen-bond acceptors (Lipinski definition) is 5. The van der Waals surface area contributed by atoms with Crippen LogP contribution in [0.4, 0.5) is 0 Å². The van der Waals surface area contributed by atoms with Gasteiger partial charge in [-0.15, -0.1) is 0 Å². The lowest BCUT2D eigenvalue weighted by atomic mass is 9.85. The Morgan fingerprint density at radius 2 is 1.93 bits per heavy atom. The molecule has 0 radical (unpaired) electrons. The second-order valence-electron chi connectivity index (χ2n) is 7.95. The summed E-state index contributed by atoms with van der Waals surface area (Å²) in [6.07, 6.45) is 6.41. The first-order valence-electron chi connectivity index (χ1n) is 10.1. The van der Waals surface area contributed by atoms with Gasteiger partial charge in [0, 0.05) is 19.8 Å². The van der Waals surface area contributed by atoms with Crippen molar-refractivity contribution >= 4 is 33.7 Å². The summed E-state index contributed by atoms with van der Waals surface area (Å²) in [6.45, 7) is 0. The summed E-state index contributed by atoms with van der Waals surface area (Å²) >= 11 is 1.60. The van der Waals surface area contributed by atoms with Gasteiger partial charge in [0.2, 0.25) is 5.91 Å². The number of aryl methyl sites for hydroxylation is 1. The average molecular weight is 415 g/mol. The van der Waals surface area contributed by atoms with Crippen molar-refractivity contribution in [3.63, 3.8) is 0 Å². The first-order valence-corrected chi connectivity index (χ1v) is 11.1. The zero-order valence-corrected chi connectivity index (χ0v) is 17.6. The highest BCUT2D eigenvalue weighted by Gasteiger charge is 2.28. The molecule has 2 aromatic rings. The first-order chi connectivity index (χ1) is 14.0. The van der Waals surface area contributed by atoms with Gasteiger partial charge >= 0.3 is 5.69 Å². The van der Waals surface area contributed by atoms with Crippen LogP contribution in [0.3, 0.4) is 0 Å². The monoisotopic (exact) mass is 414 g/mol. The molecule has 154 valence electrons. The highest BCUT2D eigenvalue weighted by Crippen LogP contribution is 2.32. The summed E-state index contributed by atoms with van der Waals surface area (Å²) in [4.78, 5) is 42.2. The van der Waals surface area contributed by atoms with E-state index in [0.29, 0.717) is 33.6 Å². The summed E-state index contributed by atoms with van der Waals surface area (Å²) in [5.74, 6) is 1.37. The van der Waals surface area contributed by atoms with Crippen molar-refractivity contribution in [3.05, 3.63) is 44.6 Å². The molecule has 1 atom stereocenters. The standard InChI is InChI=1S/C21H26N4O3S/c1-24-16-10-6-9-14(18(16)19(27)25(2)21(24)28)11-17(26)23-20-22-15(12-29-20)13-7-4-3-5-8-13/h6,9-10,13,15H,3-5,7-8,11-12H2,1-2H3,(H,22,23,26). The molecule has 2 heterocycles. The molecule has 4 rings (SSSR count). The van der Waals surface area contributed by atoms with E-state index < -0.39 is 0 Å². The van der Waals surface area contributed by atoms with E-state index in [9.17, 15) is 14.4 Å². The predicted octanol–water partition coefficient (Wildman–Crippen LogP) is 1.95. The van der Waals surface area contributed by atoms with Gasteiger partial charge in [0.1, 0.15) is 0 Å². The molecule has 1 aliphatic carbocycles. The van der Waals surface area contributed by atoms with E-state index in [-0.39, 0.29) is 23.6 Å². The van der Waals surface area contributed by atoms with E-state index in [1.807, 2.05) is 0 Å². The summed E-state index contributed by atoms with van der Waals surface area (Å²) in [7, 11) is 3.08. The SMILES string of the molecule is Cn1c(=O)c2c(CC(=O)NC3=NC(C4CCCCC4)CS3)cccc2n(C)c1=O. The molecule has 2 aliphatic rings. The number of hydrogen-bond donors (Lipinski definition) is 1. The third-order valence-electron chi connectivity index (χ3n) is 6.05. The Balaban J connectivity index is 1.53. The normalized spacial score (nSPS) is 20.1. The molecule has 0 spiro atoms. The topological polar surface area (TPSA) is 85.5 Å². The zero-order chi connectivity index (χ0) is 20.5. The van der Waals surface area contributed by atoms with Gasteiger partial charge in [-0.25, -0.2) is 4.79 Å². The number of amidine groups is 1. The number of aromatic nitrogens is 2. The maximum absolute atomic E-state index is 12.7. The van der Waals surface area contributed by atoms with E-state index in [0.717, 1.165) is 10.3 Å². The molecule has 8 heteroatoms. The van der Waals surface area contributed by atoms with E-state index in [2.05, 4.69) is 5.32 Å². The molecular weight excluding hydrogens is 388 g/mol. The number of nitrogens with zero attached hydrogens (tertiary/aromatic N) is 3. The number of thioether (sulfide) groups is 1. The van der Waals surface area contributed by atoms with Gasteiger partial charge in [0.15, 0.2) is 5.17 Å². The van der Waals surface area contributed by atoms with Crippen LogP contribution in [0.1, 0.15) is 37.7 Å². The van der Waals surface area contributed by atoms with Crippen molar-refractivity contribution in [2.24, 2.45) is 25.0 Å². The average Bonchev–Trinajstić information content (AvgIpc) is 3.19. The van der Waals surface area contributed by atoms with Crippen LogP contribution in [0, 0.1) is 5.92 Å². The van der Waals surface area contributed by atoms with Gasteiger partial charge in [-0.3, -0.25) is 23.7 Å². The minimum Gasteiger partial charge on any atom is -0.305 e. The van der Waals surface area contributed by atoms with Crippen LogP contribution in [0.2, 0.25) is 0 Å². The zero-order valence-electron chi connectivity index (χ0n) is 16.8. The molecule has 1 aromatic heterocycles. The lowest BCUT2D eigenvalue weighted by molar-refractivity contribution is -0.118. The number of carbonyl (C=O) groups is 1. The molecule has 0 saturated heterocycles. The number of carbonyl (C=O) groups excluding carboxylic acids is 1. The maximum atomic E-state index is 12.7. The van der Waals surface area contributed by atoms with Gasteiger partial charge in [-0.05, 0) is 30.4 Å².